The van der Waals surface area contributed by atoms with Gasteiger partial charge in [0.25, 0.3) is 5.91 Å². The molecule has 8 heteroatoms. The van der Waals surface area contributed by atoms with Gasteiger partial charge in [0.2, 0.25) is 5.92 Å². The van der Waals surface area contributed by atoms with Crippen LogP contribution in [0, 0.1) is 20.8 Å². The van der Waals surface area contributed by atoms with Crippen molar-refractivity contribution in [3.63, 3.8) is 0 Å². The number of thiophene rings is 1. The molecule has 2 heterocycles. The Balaban J connectivity index is 1.57. The molecule has 1 spiro atoms. The third-order valence-electron chi connectivity index (χ3n) is 6.37. The molecule has 31 heavy (non-hydrogen) atoms. The molecule has 4 rings (SSSR count). The average molecular weight is 447 g/mol. The van der Waals surface area contributed by atoms with E-state index in [1.807, 2.05) is 45.0 Å². The van der Waals surface area contributed by atoms with E-state index in [9.17, 15) is 23.2 Å². The molecule has 5 nitrogen and oxygen atoms in total. The van der Waals surface area contributed by atoms with Gasteiger partial charge in [-0.25, -0.2) is 13.6 Å². The summed E-state index contributed by atoms with van der Waals surface area (Å²) in [5.41, 5.74) is 2.64. The molecule has 1 N–H and O–H groups in total. The van der Waals surface area contributed by atoms with Gasteiger partial charge in [-0.15, -0.1) is 11.3 Å². The number of nitrogens with one attached hydrogen (secondary N) is 1. The number of urea groups is 1. The van der Waals surface area contributed by atoms with Gasteiger partial charge in [0.15, 0.2) is 5.78 Å². The Morgan fingerprint density at radius 3 is 2.39 bits per heavy atom. The summed E-state index contributed by atoms with van der Waals surface area (Å²) in [5, 5.41) is 2.58. The Kier molecular flexibility index (Phi) is 5.24. The van der Waals surface area contributed by atoms with Gasteiger partial charge in [0.05, 0.1) is 11.4 Å². The predicted molar refractivity (Wildman–Crippen MR) is 115 cm³/mol. The van der Waals surface area contributed by atoms with Gasteiger partial charge in [-0.1, -0.05) is 24.3 Å². The number of ketones is 1. The Morgan fingerprint density at radius 2 is 1.74 bits per heavy atom. The fourth-order valence-corrected chi connectivity index (χ4v) is 5.69. The van der Waals surface area contributed by atoms with Crippen LogP contribution in [0.15, 0.2) is 24.3 Å². The van der Waals surface area contributed by atoms with Crippen molar-refractivity contribution < 1.29 is 23.2 Å². The van der Waals surface area contributed by atoms with E-state index < -0.39 is 42.8 Å². The van der Waals surface area contributed by atoms with Crippen LogP contribution in [-0.2, 0) is 4.79 Å². The fourth-order valence-electron chi connectivity index (χ4n) is 4.59. The van der Waals surface area contributed by atoms with Crippen LogP contribution in [0.5, 0.6) is 0 Å². The number of Topliss-reactive ketones (excluding diaryl/α,β-unsaturated/α-hetero) is 1. The number of aryl methyl sites for hydroxylation is 2. The number of carbonyl (C=O) groups excluding carboxylic acids is 3. The van der Waals surface area contributed by atoms with Crippen molar-refractivity contribution in [3.8, 4) is 11.1 Å². The molecule has 0 radical (unpaired) electrons. The molecule has 2 aliphatic rings. The van der Waals surface area contributed by atoms with Crippen LogP contribution in [0.1, 0.15) is 51.4 Å². The van der Waals surface area contributed by atoms with Crippen LogP contribution in [0.2, 0.25) is 0 Å². The molecule has 1 saturated carbocycles. The highest BCUT2D eigenvalue weighted by Crippen LogP contribution is 2.42. The van der Waals surface area contributed by atoms with Crippen molar-refractivity contribution in [3.05, 3.63) is 45.1 Å². The summed E-state index contributed by atoms with van der Waals surface area (Å²) in [5.74, 6) is -3.73. The van der Waals surface area contributed by atoms with Crippen molar-refractivity contribution in [2.75, 3.05) is 6.54 Å². The maximum atomic E-state index is 13.6. The number of hydrogen-bond donors (Lipinski definition) is 1. The Bertz CT molecular complexity index is 1080. The molecule has 3 amide bonds. The summed E-state index contributed by atoms with van der Waals surface area (Å²) in [6.45, 7) is 5.43. The first-order valence-corrected chi connectivity index (χ1v) is 11.1. The van der Waals surface area contributed by atoms with Crippen molar-refractivity contribution >= 4 is 29.1 Å². The first-order chi connectivity index (χ1) is 14.5. The van der Waals surface area contributed by atoms with Crippen LogP contribution < -0.4 is 5.32 Å². The zero-order chi connectivity index (χ0) is 22.6. The van der Waals surface area contributed by atoms with E-state index in [0.717, 1.165) is 32.0 Å². The smallest absolute Gasteiger partial charge is 0.323 e. The molecular weight excluding hydrogens is 422 g/mol. The molecule has 1 aliphatic heterocycles. The molecule has 1 saturated heterocycles. The number of nitrogens with zero attached hydrogens (tertiary/aromatic N) is 1. The second kappa shape index (κ2) is 7.51. The standard InChI is InChI=1S/C23H24F2N2O3S/c1-13-6-4-5-7-16(13)18-14(2)19(31-15(18)3)17(28)12-27-20(29)22(26-21(27)30)8-10-23(24,25)11-9-22/h4-7H,8-12H2,1-3H3,(H,26,30). The van der Waals surface area contributed by atoms with E-state index in [2.05, 4.69) is 5.32 Å². The molecule has 0 unspecified atom stereocenters. The van der Waals surface area contributed by atoms with E-state index in [1.165, 1.54) is 11.3 Å². The topological polar surface area (TPSA) is 66.5 Å². The number of alkyl halides is 2. The van der Waals surface area contributed by atoms with Crippen LogP contribution in [-0.4, -0.2) is 40.6 Å². The van der Waals surface area contributed by atoms with Gasteiger partial charge in [0.1, 0.15) is 5.54 Å². The zero-order valence-corrected chi connectivity index (χ0v) is 18.5. The molecule has 164 valence electrons. The van der Waals surface area contributed by atoms with Crippen molar-refractivity contribution in [1.82, 2.24) is 10.2 Å². The second-order valence-electron chi connectivity index (χ2n) is 8.48. The Hall–Kier alpha value is -2.61. The number of carbonyl (C=O) groups is 3. The fraction of sp³-hybridized carbons (Fsp3) is 0.435. The van der Waals surface area contributed by atoms with E-state index in [-0.39, 0.29) is 18.6 Å². The number of rotatable bonds is 4. The highest BCUT2D eigenvalue weighted by Gasteiger charge is 2.55. The second-order valence-corrected chi connectivity index (χ2v) is 9.71. The lowest BCUT2D eigenvalue weighted by Gasteiger charge is -2.34. The van der Waals surface area contributed by atoms with Gasteiger partial charge in [-0.3, -0.25) is 14.5 Å². The minimum atomic E-state index is -2.82. The molecule has 1 aromatic heterocycles. The summed E-state index contributed by atoms with van der Waals surface area (Å²) in [6.07, 6.45) is -1.15. The largest absolute Gasteiger partial charge is 0.325 e. The molecule has 1 aliphatic carbocycles. The highest BCUT2D eigenvalue weighted by atomic mass is 32.1. The number of amides is 3. The summed E-state index contributed by atoms with van der Waals surface area (Å²) in [4.78, 5) is 40.9. The van der Waals surface area contributed by atoms with Crippen LogP contribution in [0.25, 0.3) is 11.1 Å². The van der Waals surface area contributed by atoms with Crippen molar-refractivity contribution in [2.45, 2.75) is 57.9 Å². The van der Waals surface area contributed by atoms with Gasteiger partial charge in [-0.2, -0.15) is 0 Å². The third kappa shape index (κ3) is 3.67. The lowest BCUT2D eigenvalue weighted by Crippen LogP contribution is -2.51. The normalized spacial score (nSPS) is 19.7. The van der Waals surface area contributed by atoms with E-state index >= 15 is 0 Å². The highest BCUT2D eigenvalue weighted by molar-refractivity contribution is 7.14. The average Bonchev–Trinajstić information content (AvgIpc) is 3.13. The number of halogens is 2. The maximum Gasteiger partial charge on any atom is 0.325 e. The summed E-state index contributed by atoms with van der Waals surface area (Å²) in [6, 6.07) is 7.23. The van der Waals surface area contributed by atoms with E-state index in [1.54, 1.807) is 0 Å². The van der Waals surface area contributed by atoms with Crippen molar-refractivity contribution in [2.24, 2.45) is 0 Å². The summed E-state index contributed by atoms with van der Waals surface area (Å²) in [7, 11) is 0. The SMILES string of the molecule is Cc1ccccc1-c1c(C)sc(C(=O)CN2C(=O)NC3(CCC(F)(F)CC3)C2=O)c1C. The summed E-state index contributed by atoms with van der Waals surface area (Å²) >= 11 is 1.35. The monoisotopic (exact) mass is 446 g/mol. The number of imide groups is 1. The minimum Gasteiger partial charge on any atom is -0.323 e. The lowest BCUT2D eigenvalue weighted by molar-refractivity contribution is -0.135. The Morgan fingerprint density at radius 1 is 1.10 bits per heavy atom. The van der Waals surface area contributed by atoms with E-state index in [0.29, 0.717) is 4.88 Å². The van der Waals surface area contributed by atoms with Crippen LogP contribution in [0.4, 0.5) is 13.6 Å². The molecule has 2 fully saturated rings. The van der Waals surface area contributed by atoms with Gasteiger partial charge < -0.3 is 5.32 Å². The van der Waals surface area contributed by atoms with Crippen LogP contribution >= 0.6 is 11.3 Å². The number of hydrogen-bond acceptors (Lipinski definition) is 4. The lowest BCUT2D eigenvalue weighted by atomic mass is 9.80. The first kappa shape index (κ1) is 21.6. The first-order valence-electron chi connectivity index (χ1n) is 10.3. The van der Waals surface area contributed by atoms with Gasteiger partial charge >= 0.3 is 6.03 Å². The molecule has 0 atom stereocenters. The predicted octanol–water partition coefficient (Wildman–Crippen LogP) is 5.02. The van der Waals surface area contributed by atoms with E-state index in [4.69, 9.17) is 0 Å². The molecule has 0 bridgehead atoms. The maximum absolute atomic E-state index is 13.6. The Labute approximate surface area is 183 Å². The molecular formula is C23H24F2N2O3S. The zero-order valence-electron chi connectivity index (χ0n) is 17.7. The van der Waals surface area contributed by atoms with Crippen molar-refractivity contribution in [1.29, 1.82) is 0 Å². The molecule has 2 aromatic rings. The third-order valence-corrected chi connectivity index (χ3v) is 7.62. The number of benzene rings is 1. The van der Waals surface area contributed by atoms with Crippen LogP contribution in [0.3, 0.4) is 0 Å². The minimum absolute atomic E-state index is 0.121. The quantitative estimate of drug-likeness (QED) is 0.530. The van der Waals surface area contributed by atoms with Gasteiger partial charge in [-0.05, 0) is 55.9 Å². The molecule has 1 aromatic carbocycles. The van der Waals surface area contributed by atoms with Gasteiger partial charge in [0, 0.05) is 17.7 Å². The summed E-state index contributed by atoms with van der Waals surface area (Å²) < 4.78 is 27.1.